The van der Waals surface area contributed by atoms with Crippen LogP contribution in [-0.2, 0) is 0 Å². The normalized spacial score (nSPS) is 28.8. The number of fused-ring (bicyclic) bond motifs is 1. The highest BCUT2D eigenvalue weighted by Gasteiger charge is 2.33. The number of hydrogen-bond donors (Lipinski definition) is 1. The summed E-state index contributed by atoms with van der Waals surface area (Å²) < 4.78 is 7.22. The fourth-order valence-electron chi connectivity index (χ4n) is 3.12. The monoisotopic (exact) mass is 295 g/mol. The summed E-state index contributed by atoms with van der Waals surface area (Å²) >= 11 is 3.49. The van der Waals surface area contributed by atoms with Crippen molar-refractivity contribution in [1.29, 1.82) is 0 Å². The van der Waals surface area contributed by atoms with Gasteiger partial charge in [0.25, 0.3) is 0 Å². The Morgan fingerprint density at radius 1 is 1.24 bits per heavy atom. The molecule has 3 rings (SSSR count). The van der Waals surface area contributed by atoms with E-state index in [1.54, 1.807) is 0 Å². The van der Waals surface area contributed by atoms with Crippen molar-refractivity contribution in [2.75, 3.05) is 0 Å². The van der Waals surface area contributed by atoms with Crippen molar-refractivity contribution in [3.8, 4) is 5.75 Å². The molecular weight excluding hydrogens is 278 g/mol. The predicted molar refractivity (Wildman–Crippen MR) is 72.1 cm³/mol. The van der Waals surface area contributed by atoms with Gasteiger partial charge in [-0.15, -0.1) is 0 Å². The maximum Gasteiger partial charge on any atom is 0.125 e. The molecule has 92 valence electrons. The average Bonchev–Trinajstić information content (AvgIpc) is 2.81. The SMILES string of the molecule is N[C@@H]1CC(C2CCCC2)Oc2cc(Br)ccc21. The molecular formula is C14H18BrNO. The van der Waals surface area contributed by atoms with Crippen molar-refractivity contribution in [2.45, 2.75) is 44.2 Å². The molecule has 2 N–H and O–H groups in total. The highest BCUT2D eigenvalue weighted by atomic mass is 79.9. The Morgan fingerprint density at radius 2 is 2.00 bits per heavy atom. The first-order chi connectivity index (χ1) is 8.24. The molecule has 1 fully saturated rings. The highest BCUT2D eigenvalue weighted by Crippen LogP contribution is 2.40. The molecule has 3 heteroatoms. The zero-order valence-corrected chi connectivity index (χ0v) is 11.4. The number of benzene rings is 1. The summed E-state index contributed by atoms with van der Waals surface area (Å²) in [5, 5.41) is 0. The second kappa shape index (κ2) is 4.62. The minimum atomic E-state index is 0.137. The quantitative estimate of drug-likeness (QED) is 0.855. The second-order valence-electron chi connectivity index (χ2n) is 5.23. The van der Waals surface area contributed by atoms with Crippen LogP contribution in [0.2, 0.25) is 0 Å². The number of halogens is 1. The van der Waals surface area contributed by atoms with Crippen molar-refractivity contribution in [2.24, 2.45) is 11.7 Å². The average molecular weight is 296 g/mol. The molecule has 1 aromatic rings. The number of ether oxygens (including phenoxy) is 1. The first-order valence-electron chi connectivity index (χ1n) is 6.46. The fourth-order valence-corrected chi connectivity index (χ4v) is 3.46. The Kier molecular flexibility index (Phi) is 3.14. The molecule has 1 heterocycles. The van der Waals surface area contributed by atoms with Crippen LogP contribution in [0.3, 0.4) is 0 Å². The molecule has 1 unspecified atom stereocenters. The van der Waals surface area contributed by atoms with Gasteiger partial charge in [0, 0.05) is 22.5 Å². The smallest absolute Gasteiger partial charge is 0.125 e. The van der Waals surface area contributed by atoms with Gasteiger partial charge in [-0.3, -0.25) is 0 Å². The van der Waals surface area contributed by atoms with Crippen LogP contribution in [0.4, 0.5) is 0 Å². The van der Waals surface area contributed by atoms with E-state index in [2.05, 4.69) is 28.1 Å². The standard InChI is InChI=1S/C14H18BrNO/c15-10-5-6-11-12(16)8-13(17-14(11)7-10)9-3-1-2-4-9/h5-7,9,12-13H,1-4,8,16H2/t12-,13?/m1/s1. The molecule has 17 heavy (non-hydrogen) atoms. The van der Waals surface area contributed by atoms with Crippen LogP contribution in [0.5, 0.6) is 5.75 Å². The summed E-state index contributed by atoms with van der Waals surface area (Å²) in [5.74, 6) is 1.70. The van der Waals surface area contributed by atoms with E-state index in [9.17, 15) is 0 Å². The van der Waals surface area contributed by atoms with E-state index in [1.807, 2.05) is 6.07 Å². The lowest BCUT2D eigenvalue weighted by Crippen LogP contribution is -2.34. The van der Waals surface area contributed by atoms with Crippen LogP contribution in [0, 0.1) is 5.92 Å². The molecule has 0 saturated heterocycles. The van der Waals surface area contributed by atoms with Crippen LogP contribution in [-0.4, -0.2) is 6.10 Å². The van der Waals surface area contributed by atoms with E-state index in [0.29, 0.717) is 12.0 Å². The molecule has 0 bridgehead atoms. The molecule has 1 saturated carbocycles. The van der Waals surface area contributed by atoms with Crippen LogP contribution >= 0.6 is 15.9 Å². The zero-order valence-electron chi connectivity index (χ0n) is 9.86. The summed E-state index contributed by atoms with van der Waals surface area (Å²) in [6.07, 6.45) is 6.62. The molecule has 2 nitrogen and oxygen atoms in total. The maximum atomic E-state index is 6.26. The van der Waals surface area contributed by atoms with Crippen LogP contribution < -0.4 is 10.5 Å². The van der Waals surface area contributed by atoms with Crippen molar-refractivity contribution >= 4 is 15.9 Å². The van der Waals surface area contributed by atoms with Crippen molar-refractivity contribution in [3.05, 3.63) is 28.2 Å². The lowest BCUT2D eigenvalue weighted by molar-refractivity contribution is 0.101. The first kappa shape index (κ1) is 11.5. The number of nitrogens with two attached hydrogens (primary N) is 1. The van der Waals surface area contributed by atoms with E-state index in [0.717, 1.165) is 22.2 Å². The van der Waals surface area contributed by atoms with Crippen molar-refractivity contribution in [3.63, 3.8) is 0 Å². The van der Waals surface area contributed by atoms with Crippen LogP contribution in [0.25, 0.3) is 0 Å². The van der Waals surface area contributed by atoms with E-state index in [-0.39, 0.29) is 6.04 Å². The van der Waals surface area contributed by atoms with Gasteiger partial charge in [-0.05, 0) is 30.9 Å². The fraction of sp³-hybridized carbons (Fsp3) is 0.571. The second-order valence-corrected chi connectivity index (χ2v) is 6.14. The minimum Gasteiger partial charge on any atom is -0.490 e. The van der Waals surface area contributed by atoms with E-state index < -0.39 is 0 Å². The third-order valence-corrected chi connectivity index (χ3v) is 4.56. The largest absolute Gasteiger partial charge is 0.490 e. The Hall–Kier alpha value is -0.540. The molecule has 0 amide bonds. The topological polar surface area (TPSA) is 35.2 Å². The van der Waals surface area contributed by atoms with Gasteiger partial charge in [0.2, 0.25) is 0 Å². The third-order valence-electron chi connectivity index (χ3n) is 4.07. The molecule has 2 aliphatic rings. The Labute approximate surface area is 111 Å². The highest BCUT2D eigenvalue weighted by molar-refractivity contribution is 9.10. The van der Waals surface area contributed by atoms with Crippen molar-refractivity contribution < 1.29 is 4.74 Å². The number of rotatable bonds is 1. The van der Waals surface area contributed by atoms with Crippen molar-refractivity contribution in [1.82, 2.24) is 0 Å². The van der Waals surface area contributed by atoms with E-state index >= 15 is 0 Å². The summed E-state index contributed by atoms with van der Waals surface area (Å²) in [5.41, 5.74) is 7.41. The Balaban J connectivity index is 1.85. The third kappa shape index (κ3) is 2.23. The van der Waals surface area contributed by atoms with Gasteiger partial charge >= 0.3 is 0 Å². The Bertz CT molecular complexity index is 415. The molecule has 0 radical (unpaired) electrons. The van der Waals surface area contributed by atoms with Gasteiger partial charge in [0.05, 0.1) is 0 Å². The van der Waals surface area contributed by atoms with Gasteiger partial charge in [-0.2, -0.15) is 0 Å². The summed E-state index contributed by atoms with van der Waals surface area (Å²) in [4.78, 5) is 0. The number of hydrogen-bond acceptors (Lipinski definition) is 2. The first-order valence-corrected chi connectivity index (χ1v) is 7.25. The Morgan fingerprint density at radius 3 is 2.76 bits per heavy atom. The predicted octanol–water partition coefficient (Wildman–Crippen LogP) is 3.79. The van der Waals surface area contributed by atoms with Gasteiger partial charge < -0.3 is 10.5 Å². The summed E-state index contributed by atoms with van der Waals surface area (Å²) in [6.45, 7) is 0. The van der Waals surface area contributed by atoms with Gasteiger partial charge in [0.1, 0.15) is 11.9 Å². The molecule has 1 aromatic carbocycles. The lowest BCUT2D eigenvalue weighted by Gasteiger charge is -2.33. The van der Waals surface area contributed by atoms with E-state index in [4.69, 9.17) is 10.5 Å². The summed E-state index contributed by atoms with van der Waals surface area (Å²) in [7, 11) is 0. The van der Waals surface area contributed by atoms with Crippen LogP contribution in [0.1, 0.15) is 43.7 Å². The van der Waals surface area contributed by atoms with Gasteiger partial charge in [-0.1, -0.05) is 34.8 Å². The van der Waals surface area contributed by atoms with Gasteiger partial charge in [-0.25, -0.2) is 0 Å². The van der Waals surface area contributed by atoms with E-state index in [1.165, 1.54) is 25.7 Å². The minimum absolute atomic E-state index is 0.137. The van der Waals surface area contributed by atoms with Gasteiger partial charge in [0.15, 0.2) is 0 Å². The molecule has 1 aliphatic heterocycles. The van der Waals surface area contributed by atoms with Crippen LogP contribution in [0.15, 0.2) is 22.7 Å². The molecule has 2 atom stereocenters. The molecule has 0 aromatic heterocycles. The lowest BCUT2D eigenvalue weighted by atomic mass is 9.89. The summed E-state index contributed by atoms with van der Waals surface area (Å²) in [6, 6.07) is 6.31. The maximum absolute atomic E-state index is 6.26. The molecule has 1 aliphatic carbocycles. The molecule has 0 spiro atoms. The zero-order chi connectivity index (χ0) is 11.8.